The quantitative estimate of drug-likeness (QED) is 0.659. The summed E-state index contributed by atoms with van der Waals surface area (Å²) in [5.41, 5.74) is 2.13. The molecule has 1 N–H and O–H groups in total. The van der Waals surface area contributed by atoms with Crippen molar-refractivity contribution in [2.24, 2.45) is 5.92 Å². The van der Waals surface area contributed by atoms with Crippen molar-refractivity contribution >= 4 is 28.9 Å². The van der Waals surface area contributed by atoms with Crippen LogP contribution in [0.15, 0.2) is 36.4 Å². The van der Waals surface area contributed by atoms with E-state index in [4.69, 9.17) is 0 Å². The first-order chi connectivity index (χ1) is 12.7. The van der Waals surface area contributed by atoms with E-state index in [1.165, 1.54) is 4.90 Å². The van der Waals surface area contributed by atoms with Gasteiger partial charge in [0.05, 0.1) is 16.5 Å². The molecule has 0 saturated carbocycles. The second-order valence-electron chi connectivity index (χ2n) is 6.66. The van der Waals surface area contributed by atoms with Crippen molar-refractivity contribution in [3.8, 4) is 0 Å². The normalized spacial score (nSPS) is 16.5. The number of nitrogens with one attached hydrogen (secondary N) is 1. The number of carbonyl (C=O) groups is 2. The van der Waals surface area contributed by atoms with Crippen LogP contribution in [0, 0.1) is 35.7 Å². The van der Waals surface area contributed by atoms with E-state index < -0.39 is 22.6 Å². The zero-order valence-corrected chi connectivity index (χ0v) is 14.9. The fraction of sp³-hybridized carbons (Fsp3) is 0.263. The van der Waals surface area contributed by atoms with Crippen molar-refractivity contribution < 1.29 is 18.9 Å². The average molecular weight is 371 g/mol. The van der Waals surface area contributed by atoms with Gasteiger partial charge in [-0.3, -0.25) is 19.7 Å². The number of nitro benzene ring substituents is 1. The van der Waals surface area contributed by atoms with Gasteiger partial charge >= 0.3 is 0 Å². The van der Waals surface area contributed by atoms with E-state index in [2.05, 4.69) is 5.32 Å². The number of nitrogens with zero attached hydrogens (tertiary/aromatic N) is 2. The Balaban J connectivity index is 1.76. The van der Waals surface area contributed by atoms with Crippen molar-refractivity contribution in [1.82, 2.24) is 0 Å². The molecule has 1 saturated heterocycles. The minimum Gasteiger partial charge on any atom is -0.323 e. The van der Waals surface area contributed by atoms with Crippen LogP contribution in [0.5, 0.6) is 0 Å². The molecule has 7 nitrogen and oxygen atoms in total. The molecule has 8 heteroatoms. The lowest BCUT2D eigenvalue weighted by Gasteiger charge is -2.18. The molecule has 0 spiro atoms. The molecule has 0 radical (unpaired) electrons. The van der Waals surface area contributed by atoms with Gasteiger partial charge in [-0.25, -0.2) is 4.39 Å². The second kappa shape index (κ2) is 7.14. The van der Waals surface area contributed by atoms with Gasteiger partial charge in [-0.05, 0) is 43.2 Å². The molecule has 0 aromatic heterocycles. The maximum absolute atomic E-state index is 13.9. The lowest BCUT2D eigenvalue weighted by Crippen LogP contribution is -2.28. The monoisotopic (exact) mass is 371 g/mol. The van der Waals surface area contributed by atoms with E-state index in [0.717, 1.165) is 29.3 Å². The third-order valence-electron chi connectivity index (χ3n) is 4.43. The number of carbonyl (C=O) groups excluding carboxylic acids is 2. The topological polar surface area (TPSA) is 92.6 Å². The van der Waals surface area contributed by atoms with Gasteiger partial charge in [-0.2, -0.15) is 0 Å². The van der Waals surface area contributed by atoms with E-state index in [9.17, 15) is 24.1 Å². The third kappa shape index (κ3) is 3.94. The molecule has 2 aromatic carbocycles. The molecule has 2 amide bonds. The summed E-state index contributed by atoms with van der Waals surface area (Å²) in [7, 11) is 0. The average Bonchev–Trinajstić information content (AvgIpc) is 2.97. The third-order valence-corrected chi connectivity index (χ3v) is 4.43. The molecule has 3 rings (SSSR count). The highest BCUT2D eigenvalue weighted by molar-refractivity contribution is 6.03. The van der Waals surface area contributed by atoms with Gasteiger partial charge in [0, 0.05) is 30.8 Å². The standard InChI is InChI=1S/C19H18FN3O4/c1-11-5-12(2)7-15(6-11)22-10-13(8-18(22)24)19(25)21-17-9-14(23(26)27)3-4-16(17)20/h3-7,9,13H,8,10H2,1-2H3,(H,21,25). The zero-order chi connectivity index (χ0) is 19.7. The van der Waals surface area contributed by atoms with Gasteiger partial charge in [-0.1, -0.05) is 6.07 Å². The summed E-state index contributed by atoms with van der Waals surface area (Å²) in [6.07, 6.45) is -0.00459. The number of hydrogen-bond donors (Lipinski definition) is 1. The maximum atomic E-state index is 13.9. The van der Waals surface area contributed by atoms with E-state index in [1.54, 1.807) is 0 Å². The molecule has 140 valence electrons. The maximum Gasteiger partial charge on any atom is 0.271 e. The fourth-order valence-corrected chi connectivity index (χ4v) is 3.20. The molecule has 1 atom stereocenters. The molecule has 1 unspecified atom stereocenters. The Morgan fingerprint density at radius 2 is 1.89 bits per heavy atom. The molecule has 27 heavy (non-hydrogen) atoms. The van der Waals surface area contributed by atoms with Crippen LogP contribution >= 0.6 is 0 Å². The lowest BCUT2D eigenvalue weighted by atomic mass is 10.1. The first-order valence-electron chi connectivity index (χ1n) is 8.38. The predicted octanol–water partition coefficient (Wildman–Crippen LogP) is 3.34. The first kappa shape index (κ1) is 18.5. The Hall–Kier alpha value is -3.29. The number of aryl methyl sites for hydroxylation is 2. The Kier molecular flexibility index (Phi) is 4.89. The van der Waals surface area contributed by atoms with Crippen LogP contribution < -0.4 is 10.2 Å². The van der Waals surface area contributed by atoms with Crippen molar-refractivity contribution in [3.05, 3.63) is 63.5 Å². The van der Waals surface area contributed by atoms with Crippen molar-refractivity contribution in [2.75, 3.05) is 16.8 Å². The summed E-state index contributed by atoms with van der Waals surface area (Å²) >= 11 is 0. The van der Waals surface area contributed by atoms with Crippen LogP contribution in [0.4, 0.5) is 21.5 Å². The molecule has 0 aliphatic carbocycles. The summed E-state index contributed by atoms with van der Waals surface area (Å²) in [5.74, 6) is -2.18. The van der Waals surface area contributed by atoms with Crippen LogP contribution in [0.1, 0.15) is 17.5 Å². The van der Waals surface area contributed by atoms with Gasteiger partial charge in [-0.15, -0.1) is 0 Å². The molecule has 1 aliphatic heterocycles. The first-order valence-corrected chi connectivity index (χ1v) is 8.38. The highest BCUT2D eigenvalue weighted by atomic mass is 19.1. The smallest absolute Gasteiger partial charge is 0.271 e. The lowest BCUT2D eigenvalue weighted by molar-refractivity contribution is -0.384. The number of benzene rings is 2. The Morgan fingerprint density at radius 1 is 1.22 bits per heavy atom. The number of non-ortho nitro benzene ring substituents is 1. The molecule has 1 heterocycles. The van der Waals surface area contributed by atoms with E-state index in [-0.39, 0.29) is 30.2 Å². The molecular formula is C19H18FN3O4. The van der Waals surface area contributed by atoms with Crippen LogP contribution in [0.3, 0.4) is 0 Å². The van der Waals surface area contributed by atoms with Crippen molar-refractivity contribution in [1.29, 1.82) is 0 Å². The number of halogens is 1. The van der Waals surface area contributed by atoms with Gasteiger partial charge in [0.25, 0.3) is 5.69 Å². The summed E-state index contributed by atoms with van der Waals surface area (Å²) < 4.78 is 13.9. The predicted molar refractivity (Wildman–Crippen MR) is 98.1 cm³/mol. The minimum atomic E-state index is -0.774. The zero-order valence-electron chi connectivity index (χ0n) is 14.9. The van der Waals surface area contributed by atoms with Crippen molar-refractivity contribution in [2.45, 2.75) is 20.3 Å². The molecule has 2 aromatic rings. The summed E-state index contributed by atoms with van der Waals surface area (Å²) in [4.78, 5) is 36.5. The SMILES string of the molecule is Cc1cc(C)cc(N2CC(C(=O)Nc3cc([N+](=O)[O-])ccc3F)CC2=O)c1. The van der Waals surface area contributed by atoms with Gasteiger partial charge in [0.2, 0.25) is 11.8 Å². The summed E-state index contributed by atoms with van der Waals surface area (Å²) in [6.45, 7) is 4.02. The van der Waals surface area contributed by atoms with Gasteiger partial charge in [0.1, 0.15) is 5.82 Å². The Bertz CT molecular complexity index is 924. The number of hydrogen-bond acceptors (Lipinski definition) is 4. The van der Waals surface area contributed by atoms with E-state index in [1.807, 2.05) is 32.0 Å². The fourth-order valence-electron chi connectivity index (χ4n) is 3.20. The Morgan fingerprint density at radius 3 is 2.52 bits per heavy atom. The largest absolute Gasteiger partial charge is 0.323 e. The molecule has 1 aliphatic rings. The number of anilines is 2. The number of nitro groups is 1. The van der Waals surface area contributed by atoms with Crippen LogP contribution in [0.25, 0.3) is 0 Å². The number of rotatable bonds is 4. The highest BCUT2D eigenvalue weighted by Crippen LogP contribution is 2.28. The second-order valence-corrected chi connectivity index (χ2v) is 6.66. The molecular weight excluding hydrogens is 353 g/mol. The molecule has 1 fully saturated rings. The van der Waals surface area contributed by atoms with Gasteiger partial charge in [0.15, 0.2) is 0 Å². The Labute approximate surface area is 154 Å². The van der Waals surface area contributed by atoms with Crippen LogP contribution in [0.2, 0.25) is 0 Å². The van der Waals surface area contributed by atoms with E-state index >= 15 is 0 Å². The van der Waals surface area contributed by atoms with Crippen molar-refractivity contribution in [3.63, 3.8) is 0 Å². The summed E-state index contributed by atoms with van der Waals surface area (Å²) in [6, 6.07) is 8.63. The minimum absolute atomic E-state index is 0.00459. The molecule has 0 bridgehead atoms. The highest BCUT2D eigenvalue weighted by Gasteiger charge is 2.35. The van der Waals surface area contributed by atoms with E-state index in [0.29, 0.717) is 5.69 Å². The number of amides is 2. The summed E-state index contributed by atoms with van der Waals surface area (Å²) in [5, 5.41) is 13.2. The van der Waals surface area contributed by atoms with Crippen LogP contribution in [-0.4, -0.2) is 23.3 Å². The van der Waals surface area contributed by atoms with Crippen LogP contribution in [-0.2, 0) is 9.59 Å². The van der Waals surface area contributed by atoms with Gasteiger partial charge < -0.3 is 10.2 Å².